The molecule has 0 amide bonds. The van der Waals surface area contributed by atoms with E-state index in [0.29, 0.717) is 0 Å². The summed E-state index contributed by atoms with van der Waals surface area (Å²) in [5.74, 6) is 0.804. The first kappa shape index (κ1) is 14.5. The zero-order valence-corrected chi connectivity index (χ0v) is 14.4. The summed E-state index contributed by atoms with van der Waals surface area (Å²) in [6, 6.07) is 0. The average molecular weight is 319 g/mol. The summed E-state index contributed by atoms with van der Waals surface area (Å²) in [5, 5.41) is 5.65. The van der Waals surface area contributed by atoms with Crippen LogP contribution in [0.15, 0.2) is 0 Å². The Labute approximate surface area is 135 Å². The molecule has 1 atom stereocenters. The highest BCUT2D eigenvalue weighted by atomic mass is 32.1. The second kappa shape index (κ2) is 5.81. The van der Waals surface area contributed by atoms with Crippen molar-refractivity contribution >= 4 is 26.8 Å². The number of rotatable bonds is 3. The lowest BCUT2D eigenvalue weighted by molar-refractivity contribution is 0.255. The van der Waals surface area contributed by atoms with Crippen molar-refractivity contribution in [3.05, 3.63) is 5.69 Å². The number of aromatic nitrogens is 3. The molecule has 0 bridgehead atoms. The Morgan fingerprint density at radius 3 is 2.77 bits per heavy atom. The van der Waals surface area contributed by atoms with Gasteiger partial charge < -0.3 is 9.80 Å². The van der Waals surface area contributed by atoms with Gasteiger partial charge in [-0.25, -0.2) is 9.67 Å². The van der Waals surface area contributed by atoms with E-state index in [1.165, 1.54) is 61.7 Å². The van der Waals surface area contributed by atoms with Gasteiger partial charge in [0.25, 0.3) is 0 Å². The summed E-state index contributed by atoms with van der Waals surface area (Å²) in [7, 11) is 1.99. The van der Waals surface area contributed by atoms with Gasteiger partial charge in [-0.2, -0.15) is 5.10 Å². The van der Waals surface area contributed by atoms with E-state index in [-0.39, 0.29) is 0 Å². The summed E-state index contributed by atoms with van der Waals surface area (Å²) in [6.45, 7) is 8.30. The fourth-order valence-corrected chi connectivity index (χ4v) is 4.99. The highest BCUT2D eigenvalue weighted by Gasteiger charge is 2.26. The number of hydrogen-bond acceptors (Lipinski definition) is 5. The summed E-state index contributed by atoms with van der Waals surface area (Å²) >= 11 is 1.81. The lowest BCUT2D eigenvalue weighted by Crippen LogP contribution is -2.40. The fraction of sp³-hybridized carbons (Fsp3) is 0.750. The molecule has 5 nitrogen and oxygen atoms in total. The first-order valence-electron chi connectivity index (χ1n) is 8.48. The van der Waals surface area contributed by atoms with Gasteiger partial charge in [0, 0.05) is 26.7 Å². The largest absolute Gasteiger partial charge is 0.348 e. The van der Waals surface area contributed by atoms with E-state index in [4.69, 9.17) is 4.98 Å². The number of hydrogen-bond donors (Lipinski definition) is 0. The molecule has 4 rings (SSSR count). The third kappa shape index (κ3) is 2.63. The van der Waals surface area contributed by atoms with Gasteiger partial charge in [-0.05, 0) is 51.6 Å². The molecule has 0 N–H and O–H groups in total. The molecule has 0 saturated carbocycles. The molecule has 2 aromatic rings. The normalized spacial score (nSPS) is 23.7. The van der Waals surface area contributed by atoms with Crippen molar-refractivity contribution in [3.8, 4) is 0 Å². The first-order chi connectivity index (χ1) is 10.7. The number of fused-ring (bicyclic) bond motifs is 1. The quantitative estimate of drug-likeness (QED) is 0.871. The standard InChI is InChI=1S/C16H25N5S/c1-12-14-15(19(2)18-12)17-16(22-14)21-9-5-6-13(11-21)10-20-7-3-4-8-20/h13H,3-11H2,1-2H3/t13-/m1/s1. The first-order valence-corrected chi connectivity index (χ1v) is 9.30. The second-order valence-electron chi connectivity index (χ2n) is 6.82. The third-order valence-corrected chi connectivity index (χ3v) is 6.25. The molecule has 0 spiro atoms. The monoisotopic (exact) mass is 319 g/mol. The zero-order chi connectivity index (χ0) is 15.1. The Morgan fingerprint density at radius 1 is 1.18 bits per heavy atom. The molecule has 0 aromatic carbocycles. The van der Waals surface area contributed by atoms with E-state index in [9.17, 15) is 0 Å². The molecule has 0 radical (unpaired) electrons. The van der Waals surface area contributed by atoms with Gasteiger partial charge in [0.2, 0.25) is 0 Å². The van der Waals surface area contributed by atoms with Crippen LogP contribution < -0.4 is 4.90 Å². The van der Waals surface area contributed by atoms with E-state index in [2.05, 4.69) is 21.8 Å². The summed E-state index contributed by atoms with van der Waals surface area (Å²) in [4.78, 5) is 10.0. The maximum Gasteiger partial charge on any atom is 0.188 e. The number of anilines is 1. The maximum atomic E-state index is 4.85. The summed E-state index contributed by atoms with van der Waals surface area (Å²) < 4.78 is 3.16. The molecule has 2 aliphatic heterocycles. The van der Waals surface area contributed by atoms with Gasteiger partial charge in [0.05, 0.1) is 10.4 Å². The minimum absolute atomic E-state index is 0.804. The van der Waals surface area contributed by atoms with Gasteiger partial charge in [-0.1, -0.05) is 11.3 Å². The summed E-state index contributed by atoms with van der Waals surface area (Å²) in [5.41, 5.74) is 2.14. The molecule has 2 aliphatic rings. The van der Waals surface area contributed by atoms with Gasteiger partial charge in [0.15, 0.2) is 10.8 Å². The lowest BCUT2D eigenvalue weighted by atomic mass is 9.98. The van der Waals surface area contributed by atoms with Crippen LogP contribution in [0.5, 0.6) is 0 Å². The minimum Gasteiger partial charge on any atom is -0.348 e. The Morgan fingerprint density at radius 2 is 2.00 bits per heavy atom. The SMILES string of the molecule is Cc1nn(C)c2nc(N3CCC[C@H](CN4CCCC4)C3)sc12. The topological polar surface area (TPSA) is 37.2 Å². The van der Waals surface area contributed by atoms with Crippen LogP contribution in [0.3, 0.4) is 0 Å². The fourth-order valence-electron chi connectivity index (χ4n) is 3.93. The van der Waals surface area contributed by atoms with Crippen molar-refractivity contribution in [2.24, 2.45) is 13.0 Å². The molecule has 6 heteroatoms. The summed E-state index contributed by atoms with van der Waals surface area (Å²) in [6.07, 6.45) is 5.45. The molecule has 4 heterocycles. The Hall–Kier alpha value is -1.14. The number of thiazole rings is 1. The van der Waals surface area contributed by atoms with E-state index in [1.807, 2.05) is 23.1 Å². The molecule has 2 aromatic heterocycles. The van der Waals surface area contributed by atoms with Crippen molar-refractivity contribution in [3.63, 3.8) is 0 Å². The molecule has 22 heavy (non-hydrogen) atoms. The van der Waals surface area contributed by atoms with Gasteiger partial charge in [0.1, 0.15) is 0 Å². The van der Waals surface area contributed by atoms with E-state index in [0.717, 1.165) is 23.8 Å². The Balaban J connectivity index is 1.49. The highest BCUT2D eigenvalue weighted by molar-refractivity contribution is 7.22. The molecule has 0 aliphatic carbocycles. The van der Waals surface area contributed by atoms with Crippen LogP contribution in [0.2, 0.25) is 0 Å². The predicted molar refractivity (Wildman–Crippen MR) is 91.7 cm³/mol. The van der Waals surface area contributed by atoms with Crippen molar-refractivity contribution in [1.29, 1.82) is 0 Å². The Kier molecular flexibility index (Phi) is 3.82. The van der Waals surface area contributed by atoms with Crippen molar-refractivity contribution in [2.45, 2.75) is 32.6 Å². The number of piperidine rings is 1. The van der Waals surface area contributed by atoms with Crippen LogP contribution in [0.25, 0.3) is 10.3 Å². The number of aryl methyl sites for hydroxylation is 2. The van der Waals surface area contributed by atoms with Crippen LogP contribution in [0.4, 0.5) is 5.13 Å². The third-order valence-electron chi connectivity index (χ3n) is 5.04. The van der Waals surface area contributed by atoms with E-state index >= 15 is 0 Å². The molecular formula is C16H25N5S. The van der Waals surface area contributed by atoms with Gasteiger partial charge in [-0.15, -0.1) is 0 Å². The molecular weight excluding hydrogens is 294 g/mol. The van der Waals surface area contributed by atoms with E-state index in [1.54, 1.807) is 0 Å². The highest BCUT2D eigenvalue weighted by Crippen LogP contribution is 2.33. The van der Waals surface area contributed by atoms with Crippen molar-refractivity contribution in [1.82, 2.24) is 19.7 Å². The smallest absolute Gasteiger partial charge is 0.188 e. The lowest BCUT2D eigenvalue weighted by Gasteiger charge is -2.34. The van der Waals surface area contributed by atoms with E-state index < -0.39 is 0 Å². The van der Waals surface area contributed by atoms with Crippen LogP contribution in [-0.4, -0.2) is 52.4 Å². The molecule has 120 valence electrons. The molecule has 2 saturated heterocycles. The van der Waals surface area contributed by atoms with Crippen LogP contribution in [-0.2, 0) is 7.05 Å². The predicted octanol–water partition coefficient (Wildman–Crippen LogP) is 2.65. The molecule has 0 unspecified atom stereocenters. The Bertz CT molecular complexity index is 620. The second-order valence-corrected chi connectivity index (χ2v) is 7.80. The molecule has 2 fully saturated rings. The van der Waals surface area contributed by atoms with Gasteiger partial charge >= 0.3 is 0 Å². The van der Waals surface area contributed by atoms with Crippen LogP contribution >= 0.6 is 11.3 Å². The van der Waals surface area contributed by atoms with Crippen LogP contribution in [0.1, 0.15) is 31.4 Å². The van der Waals surface area contributed by atoms with Crippen molar-refractivity contribution in [2.75, 3.05) is 37.6 Å². The minimum atomic E-state index is 0.804. The van der Waals surface area contributed by atoms with Gasteiger partial charge in [-0.3, -0.25) is 0 Å². The maximum absolute atomic E-state index is 4.85. The number of nitrogens with zero attached hydrogens (tertiary/aromatic N) is 5. The number of likely N-dealkylation sites (tertiary alicyclic amines) is 1. The van der Waals surface area contributed by atoms with Crippen molar-refractivity contribution < 1.29 is 0 Å². The average Bonchev–Trinajstić information content (AvgIpc) is 3.20. The van der Waals surface area contributed by atoms with Crippen LogP contribution in [0, 0.1) is 12.8 Å². The zero-order valence-electron chi connectivity index (χ0n) is 13.6.